The van der Waals surface area contributed by atoms with Gasteiger partial charge in [0.1, 0.15) is 24.2 Å². The van der Waals surface area contributed by atoms with Crippen LogP contribution >= 0.6 is 24.0 Å². The van der Waals surface area contributed by atoms with Crippen molar-refractivity contribution < 1.29 is 18.8 Å². The van der Waals surface area contributed by atoms with Crippen LogP contribution in [0.1, 0.15) is 40.5 Å². The van der Waals surface area contributed by atoms with Gasteiger partial charge in [0.2, 0.25) is 17.7 Å². The van der Waals surface area contributed by atoms with Crippen molar-refractivity contribution in [3.05, 3.63) is 53.6 Å². The van der Waals surface area contributed by atoms with Crippen LogP contribution in [-0.2, 0) is 14.4 Å². The number of hydrogen-bond donors (Lipinski definition) is 4. The molecule has 3 aromatic rings. The number of carbonyl (C=O) groups excluding carboxylic acids is 3. The van der Waals surface area contributed by atoms with Crippen molar-refractivity contribution in [1.82, 2.24) is 25.5 Å². The molecule has 42 heavy (non-hydrogen) atoms. The van der Waals surface area contributed by atoms with Gasteiger partial charge in [0.15, 0.2) is 5.82 Å². The molecule has 0 aliphatic carbocycles. The lowest BCUT2D eigenvalue weighted by Gasteiger charge is -2.36. The van der Waals surface area contributed by atoms with E-state index in [2.05, 4.69) is 31.2 Å². The predicted octanol–water partition coefficient (Wildman–Crippen LogP) is 4.66. The van der Waals surface area contributed by atoms with Gasteiger partial charge in [-0.25, -0.2) is 14.4 Å². The molecule has 4 rings (SSSR count). The van der Waals surface area contributed by atoms with Gasteiger partial charge in [-0.15, -0.1) is 12.4 Å². The number of anilines is 3. The van der Waals surface area contributed by atoms with Crippen LogP contribution in [0.15, 0.2) is 42.7 Å². The maximum Gasteiger partial charge on any atom is 0.247 e. The van der Waals surface area contributed by atoms with E-state index >= 15 is 0 Å². The number of amides is 3. The quantitative estimate of drug-likeness (QED) is 0.289. The highest BCUT2D eigenvalue weighted by Crippen LogP contribution is 2.30. The third-order valence-electron chi connectivity index (χ3n) is 7.17. The van der Waals surface area contributed by atoms with Crippen LogP contribution in [0, 0.1) is 11.2 Å². The number of carbonyl (C=O) groups is 3. The topological polar surface area (TPSA) is 128 Å². The molecule has 3 unspecified atom stereocenters. The van der Waals surface area contributed by atoms with Crippen molar-refractivity contribution >= 4 is 69.8 Å². The van der Waals surface area contributed by atoms with Crippen molar-refractivity contribution in [2.24, 2.45) is 5.41 Å². The maximum atomic E-state index is 14.5. The van der Waals surface area contributed by atoms with Crippen LogP contribution in [0.25, 0.3) is 10.9 Å². The number of nitrogens with zero attached hydrogens (tertiary/aromatic N) is 3. The van der Waals surface area contributed by atoms with E-state index in [-0.39, 0.29) is 40.8 Å². The second-order valence-electron chi connectivity index (χ2n) is 11.2. The first-order valence-corrected chi connectivity index (χ1v) is 13.8. The molecule has 2 aromatic carbocycles. The Kier molecular flexibility index (Phi) is 10.7. The van der Waals surface area contributed by atoms with Crippen molar-refractivity contribution in [1.29, 1.82) is 0 Å². The lowest BCUT2D eigenvalue weighted by molar-refractivity contribution is -0.143. The summed E-state index contributed by atoms with van der Waals surface area (Å²) in [5.41, 5.74) is 0.625. The van der Waals surface area contributed by atoms with Crippen LogP contribution in [-0.4, -0.2) is 64.3 Å². The van der Waals surface area contributed by atoms with E-state index in [1.54, 1.807) is 49.2 Å². The van der Waals surface area contributed by atoms with Gasteiger partial charge in [-0.05, 0) is 62.6 Å². The van der Waals surface area contributed by atoms with E-state index in [0.717, 1.165) is 0 Å². The average Bonchev–Trinajstić information content (AvgIpc) is 3.43. The first kappa shape index (κ1) is 33.0. The molecule has 3 amide bonds. The summed E-state index contributed by atoms with van der Waals surface area (Å²) < 4.78 is 14.5. The zero-order valence-electron chi connectivity index (χ0n) is 24.1. The molecule has 0 radical (unpaired) electrons. The summed E-state index contributed by atoms with van der Waals surface area (Å²) in [6.07, 6.45) is 2.51. The van der Waals surface area contributed by atoms with E-state index in [4.69, 9.17) is 11.6 Å². The van der Waals surface area contributed by atoms with Gasteiger partial charge in [-0.2, -0.15) is 0 Å². The van der Waals surface area contributed by atoms with Crippen LogP contribution in [0.3, 0.4) is 0 Å². The molecule has 226 valence electrons. The molecule has 13 heteroatoms. The fourth-order valence-electron chi connectivity index (χ4n) is 4.70. The third-order valence-corrected chi connectivity index (χ3v) is 7.46. The number of halogens is 3. The molecule has 2 heterocycles. The SMILES string of the molecule is CNC(C)C(=O)NC(C(=O)N1CCCC1C(=O)Nc1ccc2ncnc(Nc3cccc(Cl)c3F)c2c1)C(C)(C)C.Cl. The van der Waals surface area contributed by atoms with Gasteiger partial charge in [0.05, 0.1) is 22.3 Å². The average molecular weight is 621 g/mol. The number of aromatic nitrogens is 2. The molecule has 1 aliphatic heterocycles. The van der Waals surface area contributed by atoms with Crippen molar-refractivity contribution in [3.63, 3.8) is 0 Å². The second-order valence-corrected chi connectivity index (χ2v) is 11.6. The highest BCUT2D eigenvalue weighted by molar-refractivity contribution is 6.31. The summed E-state index contributed by atoms with van der Waals surface area (Å²) in [7, 11) is 1.67. The number of hydrogen-bond acceptors (Lipinski definition) is 7. The monoisotopic (exact) mass is 619 g/mol. The molecule has 1 fully saturated rings. The van der Waals surface area contributed by atoms with Crippen molar-refractivity contribution in [3.8, 4) is 0 Å². The molecule has 1 aromatic heterocycles. The molecule has 4 N–H and O–H groups in total. The van der Waals surface area contributed by atoms with E-state index < -0.39 is 29.4 Å². The molecule has 3 atom stereocenters. The molecule has 0 bridgehead atoms. The molecular formula is C29H36Cl2FN7O3. The smallest absolute Gasteiger partial charge is 0.247 e. The Morgan fingerprint density at radius 3 is 2.57 bits per heavy atom. The van der Waals surface area contributed by atoms with Gasteiger partial charge in [0.25, 0.3) is 0 Å². The Labute approximate surface area is 255 Å². The van der Waals surface area contributed by atoms with Crippen molar-refractivity contribution in [2.45, 2.75) is 58.7 Å². The molecule has 0 spiro atoms. The van der Waals surface area contributed by atoms with Gasteiger partial charge in [-0.1, -0.05) is 38.4 Å². The first-order valence-electron chi connectivity index (χ1n) is 13.5. The minimum absolute atomic E-state index is 0. The maximum absolute atomic E-state index is 14.5. The molecule has 1 saturated heterocycles. The standard InChI is InChI=1S/C29H35ClFN7O3.ClH/c1-16(32-5)26(39)37-24(29(2,3)4)28(41)38-13-7-10-22(38)27(40)35-17-11-12-20-18(14-17)25(34-15-33-20)36-21-9-6-8-19(30)23(21)31;/h6,8-9,11-12,14-16,22,24,32H,7,10,13H2,1-5H3,(H,35,40)(H,37,39)(H,33,34,36);1H. The zero-order chi connectivity index (χ0) is 29.9. The van der Waals surface area contributed by atoms with E-state index in [1.165, 1.54) is 12.4 Å². The van der Waals surface area contributed by atoms with Gasteiger partial charge in [-0.3, -0.25) is 14.4 Å². The Morgan fingerprint density at radius 1 is 1.14 bits per heavy atom. The Hall–Kier alpha value is -3.54. The number of nitrogens with one attached hydrogen (secondary N) is 4. The predicted molar refractivity (Wildman–Crippen MR) is 165 cm³/mol. The third kappa shape index (κ3) is 7.26. The number of fused-ring (bicyclic) bond motifs is 1. The highest BCUT2D eigenvalue weighted by atomic mass is 35.5. The minimum atomic E-state index is -0.808. The van der Waals surface area contributed by atoms with Crippen LogP contribution in [0.2, 0.25) is 5.02 Å². The lowest BCUT2D eigenvalue weighted by atomic mass is 9.85. The highest BCUT2D eigenvalue weighted by Gasteiger charge is 2.42. The van der Waals surface area contributed by atoms with E-state index in [9.17, 15) is 18.8 Å². The van der Waals surface area contributed by atoms with Crippen LogP contribution < -0.4 is 21.3 Å². The van der Waals surface area contributed by atoms with Gasteiger partial charge >= 0.3 is 0 Å². The fraction of sp³-hybridized carbons (Fsp3) is 0.414. The van der Waals surface area contributed by atoms with Crippen LogP contribution in [0.4, 0.5) is 21.6 Å². The molecule has 1 aliphatic rings. The normalized spacial score (nSPS) is 16.4. The summed E-state index contributed by atoms with van der Waals surface area (Å²) in [4.78, 5) is 49.9. The number of likely N-dealkylation sites (N-methyl/N-ethyl adjacent to an activating group) is 1. The van der Waals surface area contributed by atoms with Crippen LogP contribution in [0.5, 0.6) is 0 Å². The largest absolute Gasteiger partial charge is 0.342 e. The summed E-state index contributed by atoms with van der Waals surface area (Å²) in [5.74, 6) is -1.20. The number of likely N-dealkylation sites (tertiary alicyclic amines) is 1. The van der Waals surface area contributed by atoms with Crippen molar-refractivity contribution in [2.75, 3.05) is 24.2 Å². The Bertz CT molecular complexity index is 1470. The molecule has 10 nitrogen and oxygen atoms in total. The number of benzene rings is 2. The van der Waals surface area contributed by atoms with E-state index in [0.29, 0.717) is 41.8 Å². The lowest BCUT2D eigenvalue weighted by Crippen LogP contribution is -2.59. The second kappa shape index (κ2) is 13.6. The minimum Gasteiger partial charge on any atom is -0.342 e. The summed E-state index contributed by atoms with van der Waals surface area (Å²) in [5, 5.41) is 12.1. The summed E-state index contributed by atoms with van der Waals surface area (Å²) >= 11 is 5.92. The van der Waals surface area contributed by atoms with Gasteiger partial charge in [0, 0.05) is 17.6 Å². The molecular weight excluding hydrogens is 584 g/mol. The fourth-order valence-corrected chi connectivity index (χ4v) is 4.88. The number of rotatable bonds is 8. The van der Waals surface area contributed by atoms with Gasteiger partial charge < -0.3 is 26.2 Å². The molecule has 0 saturated carbocycles. The Balaban J connectivity index is 0.00000484. The Morgan fingerprint density at radius 2 is 1.88 bits per heavy atom. The first-order chi connectivity index (χ1) is 19.4. The van der Waals surface area contributed by atoms with E-state index in [1.807, 2.05) is 20.8 Å². The summed E-state index contributed by atoms with van der Waals surface area (Å²) in [6.45, 7) is 7.76. The zero-order valence-corrected chi connectivity index (χ0v) is 25.7. The summed E-state index contributed by atoms with van der Waals surface area (Å²) in [6, 6.07) is 7.74.